The summed E-state index contributed by atoms with van der Waals surface area (Å²) in [6.07, 6.45) is 7.12. The van der Waals surface area contributed by atoms with Crippen molar-refractivity contribution in [2.45, 2.75) is 53.9 Å². The molecule has 0 aliphatic carbocycles. The van der Waals surface area contributed by atoms with Gasteiger partial charge in [-0.25, -0.2) is 11.3 Å². The molecular weight excluding hydrogens is 515 g/mol. The Morgan fingerprint density at radius 1 is 1.19 bits per heavy atom. The number of rotatable bonds is 3. The van der Waals surface area contributed by atoms with Gasteiger partial charge in [-0.3, -0.25) is 4.79 Å². The molecular formula is C21H32N3OSYb-. The maximum Gasteiger partial charge on any atom is 0.227 e. The van der Waals surface area contributed by atoms with E-state index >= 15 is 0 Å². The standard InChI is InChI=1S/C18H22N3OS.C2H6.CH4.Yb/c1-14-13-20(2)18(23-14)19-16-9-5-4-8-15(16)12-17(22)21-10-6-3-7-11-21;1-2;;/h4-5,8-9H,3,6-7,10-12H2,1-2H3;1-2H3;1H4;/q-1;;;. The molecule has 1 aliphatic heterocycles. The van der Waals surface area contributed by atoms with Gasteiger partial charge in [-0.15, -0.1) is 0 Å². The molecule has 0 radical (unpaired) electrons. The number of benzene rings is 1. The molecule has 0 saturated carbocycles. The number of piperidine rings is 1. The van der Waals surface area contributed by atoms with E-state index in [2.05, 4.69) is 6.20 Å². The number of hydrogen-bond donors (Lipinski definition) is 0. The van der Waals surface area contributed by atoms with Crippen LogP contribution in [0.3, 0.4) is 0 Å². The number of aryl methyl sites for hydroxylation is 2. The number of likely N-dealkylation sites (tertiary alicyclic amines) is 1. The molecule has 6 heteroatoms. The minimum Gasteiger partial charge on any atom is -0.490 e. The molecule has 0 spiro atoms. The van der Waals surface area contributed by atoms with E-state index in [-0.39, 0.29) is 60.3 Å². The third kappa shape index (κ3) is 7.88. The Hall–Kier alpha value is -0.361. The van der Waals surface area contributed by atoms with Crippen LogP contribution in [0.15, 0.2) is 29.3 Å². The van der Waals surface area contributed by atoms with Crippen LogP contribution in [-0.4, -0.2) is 28.5 Å². The topological polar surface area (TPSA) is 37.6 Å². The van der Waals surface area contributed by atoms with Gasteiger partial charge in [0.05, 0.1) is 6.42 Å². The van der Waals surface area contributed by atoms with Crippen LogP contribution in [0.2, 0.25) is 0 Å². The summed E-state index contributed by atoms with van der Waals surface area (Å²) in [6, 6.07) is 7.93. The first-order valence-electron chi connectivity index (χ1n) is 9.09. The quantitative estimate of drug-likeness (QED) is 0.516. The Morgan fingerprint density at radius 2 is 1.81 bits per heavy atom. The van der Waals surface area contributed by atoms with Crippen LogP contribution in [0, 0.1) is 60.0 Å². The zero-order valence-electron chi connectivity index (χ0n) is 16.0. The molecule has 0 atom stereocenters. The van der Waals surface area contributed by atoms with Gasteiger partial charge in [0.15, 0.2) is 0 Å². The van der Waals surface area contributed by atoms with Gasteiger partial charge < -0.3 is 14.5 Å². The first-order chi connectivity index (χ1) is 12.1. The molecule has 2 heterocycles. The average molecular weight is 548 g/mol. The number of aromatic nitrogens is 1. The molecule has 4 nitrogen and oxygen atoms in total. The van der Waals surface area contributed by atoms with Crippen molar-refractivity contribution in [2.24, 2.45) is 12.0 Å². The number of carbonyl (C=O) groups is 1. The fourth-order valence-corrected chi connectivity index (χ4v) is 3.68. The fourth-order valence-electron chi connectivity index (χ4n) is 2.90. The smallest absolute Gasteiger partial charge is 0.227 e. The second-order valence-corrected chi connectivity index (χ2v) is 7.15. The molecule has 158 valence electrons. The summed E-state index contributed by atoms with van der Waals surface area (Å²) in [4.78, 5) is 21.3. The van der Waals surface area contributed by atoms with Crippen molar-refractivity contribution in [2.75, 3.05) is 13.1 Å². The largest absolute Gasteiger partial charge is 0.490 e. The summed E-state index contributed by atoms with van der Waals surface area (Å²) < 4.78 is 1.91. The molecule has 1 saturated heterocycles. The van der Waals surface area contributed by atoms with Gasteiger partial charge in [0.1, 0.15) is 0 Å². The maximum atomic E-state index is 12.5. The maximum absolute atomic E-state index is 12.5. The number of para-hydroxylation sites is 1. The fraction of sp³-hybridized carbons (Fsp3) is 0.524. The first kappa shape index (κ1) is 26.6. The van der Waals surface area contributed by atoms with Crippen molar-refractivity contribution in [1.82, 2.24) is 9.47 Å². The summed E-state index contributed by atoms with van der Waals surface area (Å²) in [6.45, 7) is 7.81. The van der Waals surface area contributed by atoms with Crippen molar-refractivity contribution < 1.29 is 51.7 Å². The Morgan fingerprint density at radius 3 is 2.41 bits per heavy atom. The second-order valence-electron chi connectivity index (χ2n) is 5.97. The van der Waals surface area contributed by atoms with Crippen LogP contribution in [0.25, 0.3) is 0 Å². The van der Waals surface area contributed by atoms with Crippen molar-refractivity contribution in [3.8, 4) is 0 Å². The second kappa shape index (κ2) is 13.8. The van der Waals surface area contributed by atoms with E-state index in [4.69, 9.17) is 4.99 Å². The van der Waals surface area contributed by atoms with Gasteiger partial charge in [0.25, 0.3) is 0 Å². The van der Waals surface area contributed by atoms with Crippen molar-refractivity contribution in [3.63, 3.8) is 0 Å². The predicted octanol–water partition coefficient (Wildman–Crippen LogP) is 4.64. The van der Waals surface area contributed by atoms with Crippen LogP contribution >= 0.6 is 11.3 Å². The number of carbonyl (C=O) groups excluding carboxylic acids is 1. The van der Waals surface area contributed by atoms with E-state index in [0.717, 1.165) is 46.9 Å². The molecule has 0 N–H and O–H groups in total. The van der Waals surface area contributed by atoms with E-state index in [1.807, 2.05) is 61.6 Å². The van der Waals surface area contributed by atoms with Crippen LogP contribution in [0.4, 0.5) is 5.69 Å². The number of amides is 1. The minimum atomic E-state index is 0. The summed E-state index contributed by atoms with van der Waals surface area (Å²) in [5.41, 5.74) is 1.87. The van der Waals surface area contributed by atoms with Crippen molar-refractivity contribution in [3.05, 3.63) is 45.7 Å². The number of hydrogen-bond acceptors (Lipinski definition) is 3. The molecule has 1 amide bonds. The molecule has 1 fully saturated rings. The van der Waals surface area contributed by atoms with Crippen LogP contribution < -0.4 is 4.80 Å². The zero-order valence-corrected chi connectivity index (χ0v) is 18.5. The van der Waals surface area contributed by atoms with Crippen LogP contribution in [0.5, 0.6) is 0 Å². The van der Waals surface area contributed by atoms with Gasteiger partial charge in [-0.1, -0.05) is 44.4 Å². The van der Waals surface area contributed by atoms with E-state index < -0.39 is 0 Å². The normalized spacial score (nSPS) is 13.8. The first-order valence-corrected chi connectivity index (χ1v) is 9.91. The molecule has 0 bridgehead atoms. The predicted molar refractivity (Wildman–Crippen MR) is 111 cm³/mol. The Bertz CT molecular complexity index is 761. The molecule has 1 aromatic carbocycles. The zero-order chi connectivity index (χ0) is 18.2. The molecule has 3 rings (SSSR count). The van der Waals surface area contributed by atoms with Gasteiger partial charge in [-0.05, 0) is 44.9 Å². The van der Waals surface area contributed by atoms with E-state index in [1.165, 1.54) is 6.42 Å². The summed E-state index contributed by atoms with van der Waals surface area (Å²) >= 11 is 1.61. The molecule has 0 unspecified atom stereocenters. The molecule has 27 heavy (non-hydrogen) atoms. The minimum absolute atomic E-state index is 0. The Balaban J connectivity index is 0.00000164. The van der Waals surface area contributed by atoms with Gasteiger partial charge in [0.2, 0.25) is 5.91 Å². The van der Waals surface area contributed by atoms with Crippen LogP contribution in [0.1, 0.15) is 51.0 Å². The molecule has 2 aromatic rings. The molecule has 1 aromatic heterocycles. The average Bonchev–Trinajstić information content (AvgIpc) is 2.96. The van der Waals surface area contributed by atoms with E-state index in [1.54, 1.807) is 11.3 Å². The third-order valence-corrected chi connectivity index (χ3v) is 5.06. The van der Waals surface area contributed by atoms with Crippen molar-refractivity contribution >= 4 is 22.9 Å². The molecule has 1 aliphatic rings. The van der Waals surface area contributed by atoms with E-state index in [9.17, 15) is 4.79 Å². The number of nitrogens with zero attached hydrogens (tertiary/aromatic N) is 3. The Labute approximate surface area is 207 Å². The van der Waals surface area contributed by atoms with Crippen molar-refractivity contribution in [1.29, 1.82) is 0 Å². The monoisotopic (exact) mass is 548 g/mol. The van der Waals surface area contributed by atoms with Gasteiger partial charge in [-0.2, -0.15) is 6.20 Å². The van der Waals surface area contributed by atoms with Gasteiger partial charge >= 0.3 is 0 Å². The SMILES string of the molecule is C.CC.Cc1[c-]n(C)c(=Nc2ccccc2CC(=O)N2CCCCC2)s1.[Yb]. The summed E-state index contributed by atoms with van der Waals surface area (Å²) in [5.74, 6) is 0.214. The summed E-state index contributed by atoms with van der Waals surface area (Å²) in [5, 5.41) is 0. The number of thiazole rings is 1. The third-order valence-electron chi connectivity index (χ3n) is 4.11. The summed E-state index contributed by atoms with van der Waals surface area (Å²) in [7, 11) is 1.95. The van der Waals surface area contributed by atoms with Gasteiger partial charge in [0, 0.05) is 70.5 Å². The van der Waals surface area contributed by atoms with E-state index in [0.29, 0.717) is 6.42 Å². The van der Waals surface area contributed by atoms with Crippen LogP contribution in [-0.2, 0) is 18.3 Å². The Kier molecular flexibility index (Phi) is 13.6.